The Labute approximate surface area is 133 Å². The summed E-state index contributed by atoms with van der Waals surface area (Å²) >= 11 is 5.82. The zero-order valence-electron chi connectivity index (χ0n) is 12.2. The summed E-state index contributed by atoms with van der Waals surface area (Å²) in [6.45, 7) is 0. The number of halogens is 1. The molecule has 2 aromatic carbocycles. The molecule has 0 saturated heterocycles. The summed E-state index contributed by atoms with van der Waals surface area (Å²) in [6, 6.07) is 9.70. The standard InChI is InChI=1S/C17H15ClO4/c1-21-12-5-6-13(17(10-12)22-2)15(19)7-3-11-4-8-16(20)14(18)9-11/h3-10,20H,1-2H3. The third kappa shape index (κ3) is 3.59. The molecule has 0 aliphatic carbocycles. The molecule has 1 N–H and O–H groups in total. The average Bonchev–Trinajstić information content (AvgIpc) is 2.54. The van der Waals surface area contributed by atoms with Crippen LogP contribution in [0.4, 0.5) is 0 Å². The number of benzene rings is 2. The summed E-state index contributed by atoms with van der Waals surface area (Å²) in [5.74, 6) is 0.853. The van der Waals surface area contributed by atoms with Gasteiger partial charge in [-0.2, -0.15) is 0 Å². The van der Waals surface area contributed by atoms with Crippen LogP contribution in [0.1, 0.15) is 15.9 Å². The van der Waals surface area contributed by atoms with Gasteiger partial charge in [-0.1, -0.05) is 23.7 Å². The third-order valence-electron chi connectivity index (χ3n) is 3.07. The van der Waals surface area contributed by atoms with Crippen molar-refractivity contribution in [3.05, 3.63) is 58.6 Å². The second-order valence-corrected chi connectivity index (χ2v) is 4.88. The van der Waals surface area contributed by atoms with E-state index < -0.39 is 0 Å². The van der Waals surface area contributed by atoms with Crippen molar-refractivity contribution in [1.82, 2.24) is 0 Å². The number of carbonyl (C=O) groups excluding carboxylic acids is 1. The van der Waals surface area contributed by atoms with Crippen LogP contribution >= 0.6 is 11.6 Å². The molecule has 5 heteroatoms. The first kappa shape index (κ1) is 15.9. The van der Waals surface area contributed by atoms with Crippen LogP contribution in [0, 0.1) is 0 Å². The van der Waals surface area contributed by atoms with E-state index in [1.54, 1.807) is 43.5 Å². The van der Waals surface area contributed by atoms with E-state index in [0.29, 0.717) is 22.6 Å². The Hall–Kier alpha value is -2.46. The molecular formula is C17H15ClO4. The van der Waals surface area contributed by atoms with Crippen LogP contribution in [0.25, 0.3) is 6.08 Å². The highest BCUT2D eigenvalue weighted by Crippen LogP contribution is 2.26. The zero-order chi connectivity index (χ0) is 16.1. The molecule has 0 heterocycles. The van der Waals surface area contributed by atoms with E-state index in [4.69, 9.17) is 21.1 Å². The van der Waals surface area contributed by atoms with E-state index in [-0.39, 0.29) is 16.6 Å². The SMILES string of the molecule is COc1ccc(C(=O)C=Cc2ccc(O)c(Cl)c2)c(OC)c1. The van der Waals surface area contributed by atoms with E-state index in [9.17, 15) is 9.90 Å². The number of carbonyl (C=O) groups is 1. The minimum Gasteiger partial charge on any atom is -0.506 e. The molecule has 0 fully saturated rings. The first-order valence-corrected chi connectivity index (χ1v) is 6.86. The lowest BCUT2D eigenvalue weighted by atomic mass is 10.1. The number of phenols is 1. The Morgan fingerprint density at radius 3 is 2.55 bits per heavy atom. The first-order valence-electron chi connectivity index (χ1n) is 6.48. The van der Waals surface area contributed by atoms with Crippen LogP contribution in [0.3, 0.4) is 0 Å². The fourth-order valence-electron chi connectivity index (χ4n) is 1.89. The van der Waals surface area contributed by atoms with Gasteiger partial charge < -0.3 is 14.6 Å². The molecule has 0 aliphatic heterocycles. The van der Waals surface area contributed by atoms with Crippen LogP contribution in [0.2, 0.25) is 5.02 Å². The Morgan fingerprint density at radius 2 is 1.91 bits per heavy atom. The molecule has 22 heavy (non-hydrogen) atoms. The minimum absolute atomic E-state index is 0.00182. The molecule has 0 bridgehead atoms. The monoisotopic (exact) mass is 318 g/mol. The number of hydrogen-bond acceptors (Lipinski definition) is 4. The summed E-state index contributed by atoms with van der Waals surface area (Å²) in [7, 11) is 3.04. The fourth-order valence-corrected chi connectivity index (χ4v) is 2.08. The number of allylic oxidation sites excluding steroid dienone is 1. The molecule has 0 amide bonds. The van der Waals surface area contributed by atoms with Crippen molar-refractivity contribution >= 4 is 23.5 Å². The van der Waals surface area contributed by atoms with Crippen molar-refractivity contribution in [3.63, 3.8) is 0 Å². The molecule has 2 rings (SSSR count). The zero-order valence-corrected chi connectivity index (χ0v) is 12.9. The van der Waals surface area contributed by atoms with Crippen molar-refractivity contribution < 1.29 is 19.4 Å². The largest absolute Gasteiger partial charge is 0.506 e. The number of ketones is 1. The van der Waals surface area contributed by atoms with Gasteiger partial charge in [0.05, 0.1) is 24.8 Å². The number of hydrogen-bond donors (Lipinski definition) is 1. The van der Waals surface area contributed by atoms with Crippen molar-refractivity contribution in [1.29, 1.82) is 0 Å². The van der Waals surface area contributed by atoms with E-state index in [1.807, 2.05) is 0 Å². The number of ether oxygens (including phenoxy) is 2. The second kappa shape index (κ2) is 7.00. The van der Waals surface area contributed by atoms with E-state index in [2.05, 4.69) is 0 Å². The topological polar surface area (TPSA) is 55.8 Å². The summed E-state index contributed by atoms with van der Waals surface area (Å²) in [5, 5.41) is 9.60. The number of methoxy groups -OCH3 is 2. The smallest absolute Gasteiger partial charge is 0.189 e. The molecule has 0 spiro atoms. The molecular weight excluding hydrogens is 304 g/mol. The summed E-state index contributed by atoms with van der Waals surface area (Å²) < 4.78 is 10.3. The van der Waals surface area contributed by atoms with Gasteiger partial charge in [0.15, 0.2) is 5.78 Å². The van der Waals surface area contributed by atoms with Gasteiger partial charge in [-0.3, -0.25) is 4.79 Å². The second-order valence-electron chi connectivity index (χ2n) is 4.47. The van der Waals surface area contributed by atoms with Crippen molar-refractivity contribution in [3.8, 4) is 17.2 Å². The van der Waals surface area contributed by atoms with Crippen LogP contribution < -0.4 is 9.47 Å². The van der Waals surface area contributed by atoms with Crippen molar-refractivity contribution in [2.24, 2.45) is 0 Å². The molecule has 0 atom stereocenters. The highest BCUT2D eigenvalue weighted by molar-refractivity contribution is 6.32. The minimum atomic E-state index is -0.205. The van der Waals surface area contributed by atoms with Crippen LogP contribution in [0.15, 0.2) is 42.5 Å². The molecule has 2 aromatic rings. The summed E-state index contributed by atoms with van der Waals surface area (Å²) in [6.07, 6.45) is 3.05. The average molecular weight is 319 g/mol. The van der Waals surface area contributed by atoms with E-state index >= 15 is 0 Å². The fraction of sp³-hybridized carbons (Fsp3) is 0.118. The van der Waals surface area contributed by atoms with Crippen molar-refractivity contribution in [2.75, 3.05) is 14.2 Å². The maximum atomic E-state index is 12.3. The van der Waals surface area contributed by atoms with Gasteiger partial charge in [0, 0.05) is 6.07 Å². The number of phenolic OH excluding ortho intramolecular Hbond substituents is 1. The highest BCUT2D eigenvalue weighted by atomic mass is 35.5. The lowest BCUT2D eigenvalue weighted by molar-refractivity contribution is 0.104. The molecule has 0 saturated carbocycles. The Bertz CT molecular complexity index is 723. The van der Waals surface area contributed by atoms with Gasteiger partial charge in [-0.05, 0) is 35.9 Å². The first-order chi connectivity index (χ1) is 10.5. The normalized spacial score (nSPS) is 10.7. The predicted octanol–water partition coefficient (Wildman–Crippen LogP) is 3.96. The van der Waals surface area contributed by atoms with Crippen LogP contribution in [0.5, 0.6) is 17.2 Å². The highest BCUT2D eigenvalue weighted by Gasteiger charge is 2.10. The molecule has 0 unspecified atom stereocenters. The lowest BCUT2D eigenvalue weighted by Crippen LogP contribution is -1.99. The molecule has 0 radical (unpaired) electrons. The predicted molar refractivity (Wildman–Crippen MR) is 86.0 cm³/mol. The van der Waals surface area contributed by atoms with Gasteiger partial charge in [0.1, 0.15) is 17.2 Å². The Balaban J connectivity index is 2.24. The lowest BCUT2D eigenvalue weighted by Gasteiger charge is -2.07. The van der Waals surface area contributed by atoms with Gasteiger partial charge in [-0.15, -0.1) is 0 Å². The quantitative estimate of drug-likeness (QED) is 0.669. The van der Waals surface area contributed by atoms with Crippen LogP contribution in [-0.2, 0) is 0 Å². The van der Waals surface area contributed by atoms with Crippen molar-refractivity contribution in [2.45, 2.75) is 0 Å². The summed E-state index contributed by atoms with van der Waals surface area (Å²) in [5.41, 5.74) is 1.15. The molecule has 0 aliphatic rings. The molecule has 0 aromatic heterocycles. The molecule has 114 valence electrons. The number of aromatic hydroxyl groups is 1. The maximum absolute atomic E-state index is 12.3. The third-order valence-corrected chi connectivity index (χ3v) is 3.38. The summed E-state index contributed by atoms with van der Waals surface area (Å²) in [4.78, 5) is 12.3. The van der Waals surface area contributed by atoms with Crippen LogP contribution in [-0.4, -0.2) is 25.1 Å². The van der Waals surface area contributed by atoms with Gasteiger partial charge in [0.2, 0.25) is 0 Å². The van der Waals surface area contributed by atoms with E-state index in [1.165, 1.54) is 19.3 Å². The van der Waals surface area contributed by atoms with E-state index in [0.717, 1.165) is 0 Å². The van der Waals surface area contributed by atoms with Gasteiger partial charge in [0.25, 0.3) is 0 Å². The van der Waals surface area contributed by atoms with Gasteiger partial charge in [-0.25, -0.2) is 0 Å². The Kier molecular flexibility index (Phi) is 5.07. The maximum Gasteiger partial charge on any atom is 0.189 e. The number of rotatable bonds is 5. The van der Waals surface area contributed by atoms with Gasteiger partial charge >= 0.3 is 0 Å². The molecule has 4 nitrogen and oxygen atoms in total. The Morgan fingerprint density at radius 1 is 1.14 bits per heavy atom.